The predicted molar refractivity (Wildman–Crippen MR) is 209 cm³/mol. The lowest BCUT2D eigenvalue weighted by molar-refractivity contribution is 0.0417. The van der Waals surface area contributed by atoms with Gasteiger partial charge in [-0.1, -0.05) is 62.3 Å². The molecule has 2 heterocycles. The SMILES string of the molecule is CC(C)(C)OC(=O)N[C@@H](CC#N)C(C)(C)C.CC(C)(C)OC(=O)N[C@@H](CO)C(C)(C)C.CC(C)(C)[C@H](CC#N)NC(=O)c1c[nH]c2ncc(C3CC3)nc12. The number of alkyl carbamates (subject to hydrolysis) is 2. The molecule has 1 aliphatic carbocycles. The minimum atomic E-state index is -0.515. The van der Waals surface area contributed by atoms with Gasteiger partial charge in [-0.2, -0.15) is 10.5 Å². The molecule has 302 valence electrons. The van der Waals surface area contributed by atoms with E-state index in [-0.39, 0.29) is 59.7 Å². The summed E-state index contributed by atoms with van der Waals surface area (Å²) in [5, 5.41) is 35.2. The number of rotatable bonds is 8. The minimum Gasteiger partial charge on any atom is -0.444 e. The van der Waals surface area contributed by atoms with Crippen molar-refractivity contribution in [2.24, 2.45) is 16.2 Å². The van der Waals surface area contributed by atoms with Gasteiger partial charge in [0.25, 0.3) is 5.91 Å². The first-order chi connectivity index (χ1) is 24.5. The van der Waals surface area contributed by atoms with Crippen LogP contribution in [0.1, 0.15) is 152 Å². The van der Waals surface area contributed by atoms with E-state index in [1.54, 1.807) is 33.2 Å². The lowest BCUT2D eigenvalue weighted by Gasteiger charge is -2.30. The van der Waals surface area contributed by atoms with Crippen molar-refractivity contribution in [3.63, 3.8) is 0 Å². The Balaban J connectivity index is 0.000000421. The third kappa shape index (κ3) is 17.6. The molecule has 1 saturated carbocycles. The summed E-state index contributed by atoms with van der Waals surface area (Å²) in [5.74, 6) is 0.271. The lowest BCUT2D eigenvalue weighted by atomic mass is 9.85. The van der Waals surface area contributed by atoms with Crippen molar-refractivity contribution >= 4 is 29.3 Å². The number of aromatic nitrogens is 3. The van der Waals surface area contributed by atoms with Gasteiger partial charge in [-0.3, -0.25) is 4.79 Å². The zero-order valence-electron chi connectivity index (χ0n) is 35.3. The van der Waals surface area contributed by atoms with E-state index >= 15 is 0 Å². The van der Waals surface area contributed by atoms with Gasteiger partial charge in [0.15, 0.2) is 5.65 Å². The summed E-state index contributed by atoms with van der Waals surface area (Å²) in [6.07, 6.45) is 5.30. The van der Waals surface area contributed by atoms with Crippen LogP contribution in [0.25, 0.3) is 11.2 Å². The van der Waals surface area contributed by atoms with Crippen molar-refractivity contribution in [2.75, 3.05) is 6.61 Å². The molecular formula is C40H66N8O6. The lowest BCUT2D eigenvalue weighted by Crippen LogP contribution is -2.47. The normalized spacial score (nSPS) is 15.0. The van der Waals surface area contributed by atoms with E-state index in [1.165, 1.54) is 0 Å². The number of nitriles is 2. The number of aromatic amines is 1. The number of aliphatic hydroxyl groups is 1. The van der Waals surface area contributed by atoms with E-state index in [2.05, 4.69) is 43.0 Å². The largest absolute Gasteiger partial charge is 0.444 e. The van der Waals surface area contributed by atoms with Crippen molar-refractivity contribution in [3.05, 3.63) is 23.7 Å². The Morgan fingerprint density at radius 1 is 0.778 bits per heavy atom. The Morgan fingerprint density at radius 2 is 1.20 bits per heavy atom. The Hall–Kier alpha value is -4.43. The van der Waals surface area contributed by atoms with Gasteiger partial charge in [-0.25, -0.2) is 19.6 Å². The number of aliphatic hydroxyl groups excluding tert-OH is 1. The molecule has 2 aromatic rings. The Bertz CT molecular complexity index is 1620. The van der Waals surface area contributed by atoms with E-state index in [1.807, 2.05) is 83.1 Å². The van der Waals surface area contributed by atoms with Crippen LogP contribution >= 0.6 is 0 Å². The molecule has 14 nitrogen and oxygen atoms in total. The van der Waals surface area contributed by atoms with E-state index in [0.717, 1.165) is 18.5 Å². The van der Waals surface area contributed by atoms with Crippen molar-refractivity contribution < 1.29 is 29.0 Å². The van der Waals surface area contributed by atoms with Crippen LogP contribution < -0.4 is 16.0 Å². The highest BCUT2D eigenvalue weighted by atomic mass is 16.6. The van der Waals surface area contributed by atoms with Crippen LogP contribution in [0.3, 0.4) is 0 Å². The first-order valence-electron chi connectivity index (χ1n) is 18.5. The Kier molecular flexibility index (Phi) is 17.0. The molecule has 1 aliphatic rings. The quantitative estimate of drug-likeness (QED) is 0.177. The fourth-order valence-electron chi connectivity index (χ4n) is 4.66. The summed E-state index contributed by atoms with van der Waals surface area (Å²) < 4.78 is 10.3. The van der Waals surface area contributed by atoms with E-state index in [4.69, 9.17) is 25.1 Å². The number of hydrogen-bond acceptors (Lipinski definition) is 10. The topological polar surface area (TPSA) is 215 Å². The van der Waals surface area contributed by atoms with Crippen molar-refractivity contribution in [1.29, 1.82) is 10.5 Å². The summed E-state index contributed by atoms with van der Waals surface area (Å²) in [7, 11) is 0. The first kappa shape index (κ1) is 47.6. The van der Waals surface area contributed by atoms with Crippen molar-refractivity contribution in [2.45, 2.75) is 165 Å². The standard InChI is InChI=1S/C17H21N5O.C12H22N2O2.C11H23NO3/c1-17(2,3)13(6-7-18)22-16(23)11-8-19-15-14(11)21-12(9-20-15)10-4-5-10;1-11(2,3)9(7-8-13)14-10(15)16-12(4,5)6;1-10(2,3)8(7-13)12-9(14)15-11(4,5)6/h8-10,13H,4-6H2,1-3H3,(H,19,20)(H,22,23);9H,7H2,1-6H3,(H,14,15);8,13H,7H2,1-6H3,(H,12,14)/t13-;9-;8-/m000/s1. The fraction of sp³-hybridized carbons (Fsp3) is 0.725. The zero-order valence-corrected chi connectivity index (χ0v) is 35.3. The van der Waals surface area contributed by atoms with E-state index in [9.17, 15) is 14.4 Å². The van der Waals surface area contributed by atoms with Crippen LogP contribution in [-0.2, 0) is 9.47 Å². The summed E-state index contributed by atoms with van der Waals surface area (Å²) in [4.78, 5) is 47.6. The van der Waals surface area contributed by atoms with E-state index < -0.39 is 23.4 Å². The molecule has 54 heavy (non-hydrogen) atoms. The highest BCUT2D eigenvalue weighted by molar-refractivity contribution is 6.04. The molecule has 0 unspecified atom stereocenters. The maximum absolute atomic E-state index is 12.6. The molecule has 0 radical (unpaired) electrons. The molecule has 0 aromatic carbocycles. The summed E-state index contributed by atoms with van der Waals surface area (Å²) in [6.45, 7) is 28.6. The van der Waals surface area contributed by atoms with Gasteiger partial charge in [0.2, 0.25) is 0 Å². The molecule has 3 atom stereocenters. The molecule has 2 aromatic heterocycles. The Labute approximate surface area is 322 Å². The number of ether oxygens (including phenoxy) is 2. The monoisotopic (exact) mass is 755 g/mol. The summed E-state index contributed by atoms with van der Waals surface area (Å²) >= 11 is 0. The molecule has 3 rings (SSSR count). The number of amides is 3. The van der Waals surface area contributed by atoms with Gasteiger partial charge in [0.1, 0.15) is 16.7 Å². The average molecular weight is 755 g/mol. The van der Waals surface area contributed by atoms with Gasteiger partial charge < -0.3 is 35.5 Å². The van der Waals surface area contributed by atoms with Gasteiger partial charge in [0.05, 0.1) is 55.1 Å². The smallest absolute Gasteiger partial charge is 0.407 e. The second-order valence-electron chi connectivity index (χ2n) is 18.9. The predicted octanol–water partition coefficient (Wildman–Crippen LogP) is 7.65. The van der Waals surface area contributed by atoms with Crippen LogP contribution in [-0.4, -0.2) is 74.1 Å². The molecule has 0 bridgehead atoms. The number of fused-ring (bicyclic) bond motifs is 1. The number of nitrogens with zero attached hydrogens (tertiary/aromatic N) is 4. The average Bonchev–Trinajstić information content (AvgIpc) is 3.75. The number of hydrogen-bond donors (Lipinski definition) is 5. The van der Waals surface area contributed by atoms with Crippen LogP contribution in [0.15, 0.2) is 12.4 Å². The highest BCUT2D eigenvalue weighted by Crippen LogP contribution is 2.39. The third-order valence-electron chi connectivity index (χ3n) is 8.24. The van der Waals surface area contributed by atoms with Crippen LogP contribution in [0.2, 0.25) is 0 Å². The molecule has 0 aliphatic heterocycles. The molecule has 3 amide bonds. The summed E-state index contributed by atoms with van der Waals surface area (Å²) in [5.41, 5.74) is 1.10. The van der Waals surface area contributed by atoms with Crippen LogP contribution in [0.5, 0.6) is 0 Å². The van der Waals surface area contributed by atoms with Gasteiger partial charge in [0, 0.05) is 24.2 Å². The van der Waals surface area contributed by atoms with Crippen molar-refractivity contribution in [1.82, 2.24) is 30.9 Å². The maximum atomic E-state index is 12.6. The number of carbonyl (C=O) groups excluding carboxylic acids is 3. The maximum Gasteiger partial charge on any atom is 0.407 e. The molecule has 0 spiro atoms. The highest BCUT2D eigenvalue weighted by Gasteiger charge is 2.31. The van der Waals surface area contributed by atoms with Gasteiger partial charge >= 0.3 is 12.2 Å². The second-order valence-corrected chi connectivity index (χ2v) is 18.9. The minimum absolute atomic E-state index is 0.0945. The van der Waals surface area contributed by atoms with Gasteiger partial charge in [-0.05, 0) is 70.6 Å². The molecular weight excluding hydrogens is 688 g/mol. The second kappa shape index (κ2) is 19.2. The Morgan fingerprint density at radius 3 is 1.57 bits per heavy atom. The molecule has 14 heteroatoms. The molecule has 0 saturated heterocycles. The number of carbonyl (C=O) groups is 3. The number of H-pyrrole nitrogens is 1. The third-order valence-corrected chi connectivity index (χ3v) is 8.24. The van der Waals surface area contributed by atoms with E-state index in [0.29, 0.717) is 22.6 Å². The first-order valence-corrected chi connectivity index (χ1v) is 18.5. The van der Waals surface area contributed by atoms with Crippen LogP contribution in [0, 0.1) is 38.9 Å². The summed E-state index contributed by atoms with van der Waals surface area (Å²) in [6, 6.07) is 3.50. The molecule has 5 N–H and O–H groups in total. The van der Waals surface area contributed by atoms with Gasteiger partial charge in [-0.15, -0.1) is 0 Å². The number of nitrogens with one attached hydrogen (secondary N) is 4. The fourth-order valence-corrected chi connectivity index (χ4v) is 4.66. The van der Waals surface area contributed by atoms with Crippen molar-refractivity contribution in [3.8, 4) is 12.1 Å². The van der Waals surface area contributed by atoms with Crippen LogP contribution in [0.4, 0.5) is 9.59 Å². The zero-order chi connectivity index (χ0) is 41.9. The molecule has 1 fully saturated rings.